The Balaban J connectivity index is 1.98. The van der Waals surface area contributed by atoms with E-state index in [0.29, 0.717) is 6.42 Å². The van der Waals surface area contributed by atoms with Crippen LogP contribution >= 0.6 is 0 Å². The molecule has 0 amide bonds. The van der Waals surface area contributed by atoms with Crippen molar-refractivity contribution in [2.45, 2.75) is 32.4 Å². The summed E-state index contributed by atoms with van der Waals surface area (Å²) in [5, 5.41) is 13.2. The molecule has 1 fully saturated rings. The number of hydrogen-bond acceptors (Lipinski definition) is 3. The van der Waals surface area contributed by atoms with E-state index in [-0.39, 0.29) is 0 Å². The maximum atomic E-state index is 9.86. The fraction of sp³-hybridized carbons (Fsp3) is 0.600. The van der Waals surface area contributed by atoms with Crippen LogP contribution in [0.2, 0.25) is 0 Å². The largest absolute Gasteiger partial charge is 0.390 e. The second-order valence-corrected chi connectivity index (χ2v) is 5.84. The van der Waals surface area contributed by atoms with Gasteiger partial charge in [0.15, 0.2) is 0 Å². The van der Waals surface area contributed by atoms with Gasteiger partial charge < -0.3 is 10.4 Å². The van der Waals surface area contributed by atoms with Crippen molar-refractivity contribution in [1.82, 2.24) is 10.2 Å². The zero-order valence-electron chi connectivity index (χ0n) is 11.4. The first-order valence-electron chi connectivity index (χ1n) is 6.76. The van der Waals surface area contributed by atoms with Crippen molar-refractivity contribution < 1.29 is 5.11 Å². The lowest BCUT2D eigenvalue weighted by atomic mass is 9.97. The molecule has 0 radical (unpaired) electrons. The van der Waals surface area contributed by atoms with Gasteiger partial charge in [0.05, 0.1) is 5.60 Å². The topological polar surface area (TPSA) is 35.5 Å². The maximum absolute atomic E-state index is 9.86. The Kier molecular flexibility index (Phi) is 4.38. The molecule has 0 aromatic heterocycles. The molecule has 1 aliphatic heterocycles. The molecule has 0 atom stereocenters. The Hall–Kier alpha value is -0.900. The van der Waals surface area contributed by atoms with Crippen LogP contribution < -0.4 is 5.32 Å². The zero-order chi connectivity index (χ0) is 13.0. The van der Waals surface area contributed by atoms with Crippen LogP contribution in [0.4, 0.5) is 0 Å². The lowest BCUT2D eigenvalue weighted by molar-refractivity contribution is 0.0810. The van der Waals surface area contributed by atoms with E-state index in [0.717, 1.165) is 32.7 Å². The van der Waals surface area contributed by atoms with Crippen molar-refractivity contribution in [3.05, 3.63) is 35.4 Å². The predicted molar refractivity (Wildman–Crippen MR) is 74.6 cm³/mol. The highest BCUT2D eigenvalue weighted by molar-refractivity contribution is 5.24. The van der Waals surface area contributed by atoms with E-state index in [9.17, 15) is 5.11 Å². The SMILES string of the molecule is CC(C)(O)Cc1cccc(CN2CCNCC2)c1. The van der Waals surface area contributed by atoms with Crippen molar-refractivity contribution in [2.24, 2.45) is 0 Å². The first-order chi connectivity index (χ1) is 8.53. The number of rotatable bonds is 4. The van der Waals surface area contributed by atoms with Gasteiger partial charge in [-0.15, -0.1) is 0 Å². The van der Waals surface area contributed by atoms with Gasteiger partial charge in [0.2, 0.25) is 0 Å². The normalized spacial score (nSPS) is 17.9. The standard InChI is InChI=1S/C15H24N2O/c1-15(2,18)11-13-4-3-5-14(10-13)12-17-8-6-16-7-9-17/h3-5,10,16,18H,6-9,11-12H2,1-2H3. The van der Waals surface area contributed by atoms with E-state index in [1.54, 1.807) is 0 Å². The van der Waals surface area contributed by atoms with Crippen LogP contribution in [0.25, 0.3) is 0 Å². The average Bonchev–Trinajstić information content (AvgIpc) is 2.28. The molecule has 1 aliphatic rings. The summed E-state index contributed by atoms with van der Waals surface area (Å²) in [6.07, 6.45) is 0.711. The quantitative estimate of drug-likeness (QED) is 0.845. The van der Waals surface area contributed by atoms with Crippen LogP contribution in [-0.4, -0.2) is 41.8 Å². The van der Waals surface area contributed by atoms with Gasteiger partial charge in [-0.1, -0.05) is 24.3 Å². The summed E-state index contributed by atoms with van der Waals surface area (Å²) in [5.74, 6) is 0. The van der Waals surface area contributed by atoms with Gasteiger partial charge in [-0.05, 0) is 25.0 Å². The van der Waals surface area contributed by atoms with Gasteiger partial charge in [0.1, 0.15) is 0 Å². The molecular formula is C15H24N2O. The van der Waals surface area contributed by atoms with E-state index in [4.69, 9.17) is 0 Å². The van der Waals surface area contributed by atoms with Crippen LogP contribution in [0.5, 0.6) is 0 Å². The Morgan fingerprint density at radius 3 is 2.56 bits per heavy atom. The second-order valence-electron chi connectivity index (χ2n) is 5.84. The smallest absolute Gasteiger partial charge is 0.0631 e. The minimum absolute atomic E-state index is 0.631. The molecule has 1 saturated heterocycles. The summed E-state index contributed by atoms with van der Waals surface area (Å²) in [4.78, 5) is 2.47. The zero-order valence-corrected chi connectivity index (χ0v) is 11.4. The van der Waals surface area contributed by atoms with Crippen molar-refractivity contribution in [1.29, 1.82) is 0 Å². The third kappa shape index (κ3) is 4.41. The number of benzene rings is 1. The highest BCUT2D eigenvalue weighted by Crippen LogP contribution is 2.15. The number of nitrogens with zero attached hydrogens (tertiary/aromatic N) is 1. The van der Waals surface area contributed by atoms with E-state index < -0.39 is 5.60 Å². The Labute approximate surface area is 110 Å². The second kappa shape index (κ2) is 5.83. The lowest BCUT2D eigenvalue weighted by Crippen LogP contribution is -2.42. The van der Waals surface area contributed by atoms with Crippen LogP contribution in [-0.2, 0) is 13.0 Å². The first-order valence-corrected chi connectivity index (χ1v) is 6.76. The van der Waals surface area contributed by atoms with Crippen LogP contribution in [0, 0.1) is 0 Å². The van der Waals surface area contributed by atoms with Gasteiger partial charge in [-0.3, -0.25) is 4.90 Å². The highest BCUT2D eigenvalue weighted by Gasteiger charge is 2.14. The molecule has 3 nitrogen and oxygen atoms in total. The molecule has 0 unspecified atom stereocenters. The van der Waals surface area contributed by atoms with Gasteiger partial charge >= 0.3 is 0 Å². The molecule has 100 valence electrons. The molecule has 3 heteroatoms. The van der Waals surface area contributed by atoms with Crippen molar-refractivity contribution in [2.75, 3.05) is 26.2 Å². The van der Waals surface area contributed by atoms with E-state index in [2.05, 4.69) is 34.5 Å². The van der Waals surface area contributed by atoms with Crippen LogP contribution in [0.1, 0.15) is 25.0 Å². The molecule has 1 aromatic rings. The molecule has 0 spiro atoms. The van der Waals surface area contributed by atoms with E-state index >= 15 is 0 Å². The van der Waals surface area contributed by atoms with Crippen LogP contribution in [0.15, 0.2) is 24.3 Å². The minimum atomic E-state index is -0.631. The lowest BCUT2D eigenvalue weighted by Gasteiger charge is -2.27. The molecular weight excluding hydrogens is 224 g/mol. The van der Waals surface area contributed by atoms with Crippen LogP contribution in [0.3, 0.4) is 0 Å². The van der Waals surface area contributed by atoms with Crippen molar-refractivity contribution in [3.8, 4) is 0 Å². The molecule has 18 heavy (non-hydrogen) atoms. The molecule has 1 aromatic carbocycles. The summed E-state index contributed by atoms with van der Waals surface area (Å²) in [5.41, 5.74) is 1.93. The van der Waals surface area contributed by atoms with Gasteiger partial charge in [0.25, 0.3) is 0 Å². The third-order valence-corrected chi connectivity index (χ3v) is 3.24. The fourth-order valence-corrected chi connectivity index (χ4v) is 2.46. The monoisotopic (exact) mass is 248 g/mol. The number of hydrogen-bond donors (Lipinski definition) is 2. The van der Waals surface area contributed by atoms with Gasteiger partial charge in [-0.25, -0.2) is 0 Å². The average molecular weight is 248 g/mol. The summed E-state index contributed by atoms with van der Waals surface area (Å²) in [6, 6.07) is 8.59. The summed E-state index contributed by atoms with van der Waals surface area (Å²) in [6.45, 7) is 9.14. The summed E-state index contributed by atoms with van der Waals surface area (Å²) in [7, 11) is 0. The van der Waals surface area contributed by atoms with Crippen molar-refractivity contribution in [3.63, 3.8) is 0 Å². The minimum Gasteiger partial charge on any atom is -0.390 e. The summed E-state index contributed by atoms with van der Waals surface area (Å²) >= 11 is 0. The molecule has 1 heterocycles. The van der Waals surface area contributed by atoms with E-state index in [1.807, 2.05) is 13.8 Å². The predicted octanol–water partition coefficient (Wildman–Crippen LogP) is 1.41. The highest BCUT2D eigenvalue weighted by atomic mass is 16.3. The molecule has 0 bridgehead atoms. The Morgan fingerprint density at radius 1 is 1.22 bits per heavy atom. The Bertz CT molecular complexity index is 378. The van der Waals surface area contributed by atoms with Gasteiger partial charge in [0, 0.05) is 39.1 Å². The number of aliphatic hydroxyl groups is 1. The fourth-order valence-electron chi connectivity index (χ4n) is 2.46. The third-order valence-electron chi connectivity index (χ3n) is 3.24. The van der Waals surface area contributed by atoms with Gasteiger partial charge in [-0.2, -0.15) is 0 Å². The Morgan fingerprint density at radius 2 is 1.89 bits per heavy atom. The maximum Gasteiger partial charge on any atom is 0.0631 e. The molecule has 2 rings (SSSR count). The summed E-state index contributed by atoms with van der Waals surface area (Å²) < 4.78 is 0. The molecule has 2 N–H and O–H groups in total. The first kappa shape index (κ1) is 13.5. The molecule has 0 saturated carbocycles. The number of nitrogens with one attached hydrogen (secondary N) is 1. The van der Waals surface area contributed by atoms with E-state index in [1.165, 1.54) is 11.1 Å². The molecule has 0 aliphatic carbocycles. The number of piperazine rings is 1. The van der Waals surface area contributed by atoms with Crippen molar-refractivity contribution >= 4 is 0 Å².